The van der Waals surface area contributed by atoms with Crippen molar-refractivity contribution in [3.63, 3.8) is 0 Å². The molecule has 0 saturated carbocycles. The highest BCUT2D eigenvalue weighted by Gasteiger charge is 2.22. The third kappa shape index (κ3) is 4.28. The fourth-order valence-electron chi connectivity index (χ4n) is 1.26. The van der Waals surface area contributed by atoms with Crippen molar-refractivity contribution in [3.05, 3.63) is 36.4 Å². The number of rotatable bonds is 6. The van der Waals surface area contributed by atoms with Gasteiger partial charge in [0, 0.05) is 12.6 Å². The smallest absolute Gasteiger partial charge is 0.258 e. The van der Waals surface area contributed by atoms with Crippen LogP contribution >= 0.6 is 0 Å². The monoisotopic (exact) mass is 306 g/mol. The molecule has 0 heterocycles. The molecule has 0 atom stereocenters. The second kappa shape index (κ2) is 6.44. The minimum atomic E-state index is -4.40. The van der Waals surface area contributed by atoms with Crippen LogP contribution in [0.25, 0.3) is 0 Å². The van der Waals surface area contributed by atoms with Gasteiger partial charge in [-0.15, -0.1) is 6.58 Å². The maximum absolute atomic E-state index is 13.5. The molecule has 6 nitrogen and oxygen atoms in total. The Kier molecular flexibility index (Phi) is 5.17. The lowest BCUT2D eigenvalue weighted by molar-refractivity contribution is -0.122. The molecule has 0 aromatic heterocycles. The van der Waals surface area contributed by atoms with Gasteiger partial charge in [-0.3, -0.25) is 4.79 Å². The van der Waals surface area contributed by atoms with Crippen molar-refractivity contribution in [2.45, 2.75) is 4.90 Å². The van der Waals surface area contributed by atoms with E-state index in [1.807, 2.05) is 0 Å². The molecule has 0 aliphatic rings. The van der Waals surface area contributed by atoms with Gasteiger partial charge in [0.2, 0.25) is 10.0 Å². The van der Waals surface area contributed by atoms with E-state index in [-0.39, 0.29) is 6.54 Å². The average molecular weight is 306 g/mol. The van der Waals surface area contributed by atoms with Gasteiger partial charge in [-0.25, -0.2) is 22.3 Å². The summed E-state index contributed by atoms with van der Waals surface area (Å²) in [6, 6.07) is 0.932. The number of carbonyl (C=O) groups is 1. The van der Waals surface area contributed by atoms with Crippen LogP contribution in [0.1, 0.15) is 0 Å². The van der Waals surface area contributed by atoms with Crippen LogP contribution in [0.5, 0.6) is 5.75 Å². The molecule has 1 amide bonds. The molecule has 0 unspecified atom stereocenters. The second-order valence-electron chi connectivity index (χ2n) is 3.64. The summed E-state index contributed by atoms with van der Waals surface area (Å²) in [6.45, 7) is 2.88. The number of sulfonamides is 1. The summed E-state index contributed by atoms with van der Waals surface area (Å²) in [4.78, 5) is 10.4. The molecule has 110 valence electrons. The summed E-state index contributed by atoms with van der Waals surface area (Å²) in [5.74, 6) is -3.84. The third-order valence-electron chi connectivity index (χ3n) is 2.07. The molecular weight excluding hydrogens is 294 g/mol. The number of hydrogen-bond acceptors (Lipinski definition) is 4. The van der Waals surface area contributed by atoms with Crippen molar-refractivity contribution in [2.75, 3.05) is 13.2 Å². The Morgan fingerprint density at radius 2 is 2.10 bits per heavy atom. The number of carbonyl (C=O) groups excluding carboxylic acids is 1. The van der Waals surface area contributed by atoms with Crippen LogP contribution in [0.15, 0.2) is 29.7 Å². The zero-order valence-corrected chi connectivity index (χ0v) is 11.0. The molecule has 9 heteroatoms. The summed E-state index contributed by atoms with van der Waals surface area (Å²) < 4.78 is 53.7. The summed E-state index contributed by atoms with van der Waals surface area (Å²) in [5.41, 5.74) is 0. The van der Waals surface area contributed by atoms with Crippen molar-refractivity contribution >= 4 is 15.9 Å². The molecule has 1 aromatic carbocycles. The number of amides is 1. The zero-order chi connectivity index (χ0) is 15.3. The normalized spacial score (nSPS) is 10.9. The van der Waals surface area contributed by atoms with Crippen LogP contribution in [0.3, 0.4) is 0 Å². The van der Waals surface area contributed by atoms with Gasteiger partial charge in [-0.1, -0.05) is 6.08 Å². The molecule has 0 saturated heterocycles. The van der Waals surface area contributed by atoms with Gasteiger partial charge in [-0.05, 0) is 6.07 Å². The summed E-state index contributed by atoms with van der Waals surface area (Å²) in [7, 11) is -4.40. The fourth-order valence-corrected chi connectivity index (χ4v) is 1.95. The minimum absolute atomic E-state index is 0.163. The van der Waals surface area contributed by atoms with Gasteiger partial charge in [0.05, 0.1) is 0 Å². The van der Waals surface area contributed by atoms with E-state index in [4.69, 9.17) is 9.88 Å². The van der Waals surface area contributed by atoms with Crippen LogP contribution in [0.4, 0.5) is 8.78 Å². The summed E-state index contributed by atoms with van der Waals surface area (Å²) in [5, 5.41) is 7.16. The largest absolute Gasteiger partial charge is 0.479 e. The average Bonchev–Trinajstić information content (AvgIpc) is 2.33. The van der Waals surface area contributed by atoms with E-state index in [0.29, 0.717) is 12.1 Å². The Morgan fingerprint density at radius 1 is 1.45 bits per heavy atom. The first kappa shape index (κ1) is 16.1. The van der Waals surface area contributed by atoms with Crippen molar-refractivity contribution in [2.24, 2.45) is 5.14 Å². The third-order valence-corrected chi connectivity index (χ3v) is 2.99. The molecule has 0 aliphatic carbocycles. The number of benzene rings is 1. The topological polar surface area (TPSA) is 98.5 Å². The Morgan fingerprint density at radius 3 is 2.65 bits per heavy atom. The lowest BCUT2D eigenvalue weighted by Crippen LogP contribution is -2.29. The van der Waals surface area contributed by atoms with E-state index in [1.165, 1.54) is 6.08 Å². The van der Waals surface area contributed by atoms with Crippen LogP contribution in [0.2, 0.25) is 0 Å². The molecule has 1 rings (SSSR count). The van der Waals surface area contributed by atoms with E-state index in [9.17, 15) is 22.0 Å². The molecule has 0 radical (unpaired) electrons. The predicted molar refractivity (Wildman–Crippen MR) is 66.4 cm³/mol. The minimum Gasteiger partial charge on any atom is -0.479 e. The Labute approximate surface area is 114 Å². The first-order valence-electron chi connectivity index (χ1n) is 5.28. The van der Waals surface area contributed by atoms with Crippen molar-refractivity contribution < 1.29 is 26.7 Å². The van der Waals surface area contributed by atoms with Crippen molar-refractivity contribution in [3.8, 4) is 5.75 Å². The molecule has 0 aliphatic heterocycles. The van der Waals surface area contributed by atoms with Crippen LogP contribution < -0.4 is 15.2 Å². The Bertz CT molecular complexity index is 632. The van der Waals surface area contributed by atoms with E-state index < -0.39 is 44.8 Å². The summed E-state index contributed by atoms with van der Waals surface area (Å²) in [6.07, 6.45) is 1.41. The number of halogens is 2. The maximum Gasteiger partial charge on any atom is 0.258 e. The highest BCUT2D eigenvalue weighted by molar-refractivity contribution is 7.89. The van der Waals surface area contributed by atoms with Gasteiger partial charge in [0.25, 0.3) is 5.91 Å². The Hall–Kier alpha value is -2.00. The SMILES string of the molecule is C=CCNC(=O)COc1c(F)cc(F)cc1S(N)(=O)=O. The standard InChI is InChI=1S/C11H12F2N2O4S/c1-2-3-15-10(16)6-19-11-8(13)4-7(12)5-9(11)20(14,17)18/h2,4-5H,1,3,6H2,(H,15,16)(H2,14,17,18). The summed E-state index contributed by atoms with van der Waals surface area (Å²) >= 11 is 0. The highest BCUT2D eigenvalue weighted by atomic mass is 32.2. The van der Waals surface area contributed by atoms with Gasteiger partial charge in [-0.2, -0.15) is 0 Å². The van der Waals surface area contributed by atoms with Crippen LogP contribution in [-0.2, 0) is 14.8 Å². The Balaban J connectivity index is 3.00. The zero-order valence-electron chi connectivity index (χ0n) is 10.2. The predicted octanol–water partition coefficient (Wildman–Crippen LogP) is 0.293. The van der Waals surface area contributed by atoms with Crippen LogP contribution in [0, 0.1) is 11.6 Å². The number of ether oxygens (including phenoxy) is 1. The lowest BCUT2D eigenvalue weighted by Gasteiger charge is -2.11. The molecule has 0 fully saturated rings. The van der Waals surface area contributed by atoms with E-state index in [0.717, 1.165) is 0 Å². The molecular formula is C11H12F2N2O4S. The first-order valence-corrected chi connectivity index (χ1v) is 6.82. The maximum atomic E-state index is 13.5. The molecule has 0 bridgehead atoms. The van der Waals surface area contributed by atoms with E-state index >= 15 is 0 Å². The van der Waals surface area contributed by atoms with E-state index in [2.05, 4.69) is 11.9 Å². The van der Waals surface area contributed by atoms with E-state index in [1.54, 1.807) is 0 Å². The van der Waals surface area contributed by atoms with Crippen molar-refractivity contribution in [1.29, 1.82) is 0 Å². The second-order valence-corrected chi connectivity index (χ2v) is 5.17. The molecule has 20 heavy (non-hydrogen) atoms. The van der Waals surface area contributed by atoms with Crippen LogP contribution in [-0.4, -0.2) is 27.5 Å². The number of primary sulfonamides is 1. The van der Waals surface area contributed by atoms with Crippen molar-refractivity contribution in [1.82, 2.24) is 5.32 Å². The number of hydrogen-bond donors (Lipinski definition) is 2. The lowest BCUT2D eigenvalue weighted by atomic mass is 10.3. The van der Waals surface area contributed by atoms with Gasteiger partial charge in [0.15, 0.2) is 18.2 Å². The van der Waals surface area contributed by atoms with Gasteiger partial charge < -0.3 is 10.1 Å². The highest BCUT2D eigenvalue weighted by Crippen LogP contribution is 2.27. The fraction of sp³-hybridized carbons (Fsp3) is 0.182. The van der Waals surface area contributed by atoms with Gasteiger partial charge in [0.1, 0.15) is 10.7 Å². The molecule has 3 N–H and O–H groups in total. The molecule has 0 spiro atoms. The first-order chi connectivity index (χ1) is 9.25. The van der Waals surface area contributed by atoms with Gasteiger partial charge >= 0.3 is 0 Å². The molecule has 1 aromatic rings. The number of nitrogens with two attached hydrogens (primary N) is 1. The quantitative estimate of drug-likeness (QED) is 0.738. The number of nitrogens with one attached hydrogen (secondary N) is 1.